The van der Waals surface area contributed by atoms with E-state index in [1.54, 1.807) is 0 Å². The summed E-state index contributed by atoms with van der Waals surface area (Å²) in [5.41, 5.74) is 2.73. The van der Waals surface area contributed by atoms with Gasteiger partial charge >= 0.3 is 0 Å². The fourth-order valence-corrected chi connectivity index (χ4v) is 2.42. The number of hydrogen-bond acceptors (Lipinski definition) is 5. The van der Waals surface area contributed by atoms with E-state index in [9.17, 15) is 4.79 Å². The van der Waals surface area contributed by atoms with Gasteiger partial charge in [-0.2, -0.15) is 0 Å². The van der Waals surface area contributed by atoms with E-state index in [1.807, 2.05) is 19.9 Å². The summed E-state index contributed by atoms with van der Waals surface area (Å²) in [5.74, 6) is 0.376. The molecule has 0 aromatic carbocycles. The number of aromatic nitrogens is 2. The second-order valence-corrected chi connectivity index (χ2v) is 5.43. The summed E-state index contributed by atoms with van der Waals surface area (Å²) in [5, 5.41) is 10.8. The van der Waals surface area contributed by atoms with Gasteiger partial charge in [-0.15, -0.1) is 0 Å². The molecular formula is C15H20N4O2. The summed E-state index contributed by atoms with van der Waals surface area (Å²) in [7, 11) is 0. The van der Waals surface area contributed by atoms with Crippen LogP contribution in [0.3, 0.4) is 0 Å². The van der Waals surface area contributed by atoms with Crippen LogP contribution in [-0.4, -0.2) is 35.7 Å². The molecule has 2 N–H and O–H groups in total. The van der Waals surface area contributed by atoms with Crippen LogP contribution in [0.5, 0.6) is 0 Å². The predicted octanol–water partition coefficient (Wildman–Crippen LogP) is 1.75. The lowest BCUT2D eigenvalue weighted by molar-refractivity contribution is 0.0955. The highest BCUT2D eigenvalue weighted by Crippen LogP contribution is 2.40. The van der Waals surface area contributed by atoms with Crippen LogP contribution in [-0.2, 0) is 0 Å². The predicted molar refractivity (Wildman–Crippen MR) is 79.4 cm³/mol. The van der Waals surface area contributed by atoms with Crippen molar-refractivity contribution in [3.8, 4) is 0 Å². The molecule has 1 amide bonds. The molecule has 2 heterocycles. The van der Waals surface area contributed by atoms with Crippen molar-refractivity contribution in [1.82, 2.24) is 20.8 Å². The van der Waals surface area contributed by atoms with Gasteiger partial charge in [0.1, 0.15) is 0 Å². The Morgan fingerprint density at radius 2 is 2.24 bits per heavy atom. The normalized spacial score (nSPS) is 14.6. The summed E-state index contributed by atoms with van der Waals surface area (Å²) in [6, 6.07) is 1.90. The number of nitrogens with one attached hydrogen (secondary N) is 2. The van der Waals surface area contributed by atoms with E-state index in [0.717, 1.165) is 37.0 Å². The third-order valence-electron chi connectivity index (χ3n) is 3.71. The summed E-state index contributed by atoms with van der Waals surface area (Å²) in [4.78, 5) is 16.9. The maximum absolute atomic E-state index is 12.4. The standard InChI is InChI=1S/C15H20N4O2/c1-3-16-6-7-17-14(20)11-8-12(10-4-5-10)18-15-13(11)9(2)19-21-15/h8,10,16H,3-7H2,1-2H3,(H,17,20). The van der Waals surface area contributed by atoms with Gasteiger partial charge in [-0.25, -0.2) is 4.98 Å². The maximum Gasteiger partial charge on any atom is 0.259 e. The Kier molecular flexibility index (Phi) is 3.88. The number of amides is 1. The number of nitrogens with zero attached hydrogens (tertiary/aromatic N) is 2. The molecular weight excluding hydrogens is 268 g/mol. The number of fused-ring (bicyclic) bond motifs is 1. The first-order valence-corrected chi connectivity index (χ1v) is 7.46. The third-order valence-corrected chi connectivity index (χ3v) is 3.71. The first-order chi connectivity index (χ1) is 10.2. The van der Waals surface area contributed by atoms with Crippen molar-refractivity contribution in [1.29, 1.82) is 0 Å². The first-order valence-electron chi connectivity index (χ1n) is 7.46. The van der Waals surface area contributed by atoms with Crippen molar-refractivity contribution in [2.45, 2.75) is 32.6 Å². The number of carbonyl (C=O) groups is 1. The van der Waals surface area contributed by atoms with Crippen LogP contribution >= 0.6 is 0 Å². The monoisotopic (exact) mass is 288 g/mol. The number of carbonyl (C=O) groups excluding carboxylic acids is 1. The lowest BCUT2D eigenvalue weighted by Gasteiger charge is -2.08. The summed E-state index contributed by atoms with van der Waals surface area (Å²) >= 11 is 0. The average molecular weight is 288 g/mol. The molecule has 0 saturated heterocycles. The van der Waals surface area contributed by atoms with Crippen molar-refractivity contribution in [3.63, 3.8) is 0 Å². The van der Waals surface area contributed by atoms with E-state index in [4.69, 9.17) is 4.52 Å². The van der Waals surface area contributed by atoms with Crippen LogP contribution in [0.15, 0.2) is 10.6 Å². The topological polar surface area (TPSA) is 80.0 Å². The van der Waals surface area contributed by atoms with Crippen LogP contribution < -0.4 is 10.6 Å². The van der Waals surface area contributed by atoms with E-state index < -0.39 is 0 Å². The maximum atomic E-state index is 12.4. The third kappa shape index (κ3) is 2.90. The van der Waals surface area contributed by atoms with Crippen molar-refractivity contribution < 1.29 is 9.32 Å². The van der Waals surface area contributed by atoms with Crippen LogP contribution in [0.4, 0.5) is 0 Å². The van der Waals surface area contributed by atoms with Crippen molar-refractivity contribution in [3.05, 3.63) is 23.0 Å². The summed E-state index contributed by atoms with van der Waals surface area (Å²) in [6.07, 6.45) is 2.26. The molecule has 2 aromatic rings. The highest BCUT2D eigenvalue weighted by molar-refractivity contribution is 6.06. The number of pyridine rings is 1. The molecule has 1 aliphatic carbocycles. The SMILES string of the molecule is CCNCCNC(=O)c1cc(C2CC2)nc2onc(C)c12. The van der Waals surface area contributed by atoms with Gasteiger partial charge in [0, 0.05) is 24.7 Å². The van der Waals surface area contributed by atoms with Gasteiger partial charge in [0.2, 0.25) is 0 Å². The number of rotatable bonds is 6. The Morgan fingerprint density at radius 1 is 1.43 bits per heavy atom. The minimum absolute atomic E-state index is 0.0893. The molecule has 1 saturated carbocycles. The fraction of sp³-hybridized carbons (Fsp3) is 0.533. The molecule has 0 bridgehead atoms. The number of aryl methyl sites for hydroxylation is 1. The summed E-state index contributed by atoms with van der Waals surface area (Å²) in [6.45, 7) is 6.12. The molecule has 0 unspecified atom stereocenters. The van der Waals surface area contributed by atoms with Crippen molar-refractivity contribution >= 4 is 17.0 Å². The Bertz CT molecular complexity index is 661. The molecule has 1 fully saturated rings. The average Bonchev–Trinajstić information content (AvgIpc) is 3.27. The second-order valence-electron chi connectivity index (χ2n) is 5.43. The van der Waals surface area contributed by atoms with E-state index in [0.29, 0.717) is 29.4 Å². The van der Waals surface area contributed by atoms with E-state index in [-0.39, 0.29) is 5.91 Å². The van der Waals surface area contributed by atoms with Crippen LogP contribution in [0.1, 0.15) is 47.4 Å². The highest BCUT2D eigenvalue weighted by atomic mass is 16.5. The van der Waals surface area contributed by atoms with Gasteiger partial charge < -0.3 is 15.2 Å². The zero-order valence-electron chi connectivity index (χ0n) is 12.4. The van der Waals surface area contributed by atoms with Gasteiger partial charge in [-0.05, 0) is 32.4 Å². The number of hydrogen-bond donors (Lipinski definition) is 2. The smallest absolute Gasteiger partial charge is 0.259 e. The van der Waals surface area contributed by atoms with Crippen LogP contribution in [0.25, 0.3) is 11.1 Å². The minimum Gasteiger partial charge on any atom is -0.351 e. The van der Waals surface area contributed by atoms with Gasteiger partial charge in [0.05, 0.1) is 16.6 Å². The molecule has 0 atom stereocenters. The molecule has 3 rings (SSSR count). The fourth-order valence-electron chi connectivity index (χ4n) is 2.42. The molecule has 6 nitrogen and oxygen atoms in total. The molecule has 1 aliphatic rings. The van der Waals surface area contributed by atoms with E-state index in [2.05, 4.69) is 20.8 Å². The molecule has 21 heavy (non-hydrogen) atoms. The first kappa shape index (κ1) is 14.0. The Morgan fingerprint density at radius 3 is 2.95 bits per heavy atom. The van der Waals surface area contributed by atoms with E-state index >= 15 is 0 Å². The largest absolute Gasteiger partial charge is 0.351 e. The van der Waals surface area contributed by atoms with Gasteiger partial charge in [-0.1, -0.05) is 12.1 Å². The quantitative estimate of drug-likeness (QED) is 0.792. The van der Waals surface area contributed by atoms with Gasteiger partial charge in [-0.3, -0.25) is 4.79 Å². The molecule has 0 radical (unpaired) electrons. The molecule has 6 heteroatoms. The second kappa shape index (κ2) is 5.81. The van der Waals surface area contributed by atoms with Crippen molar-refractivity contribution in [2.24, 2.45) is 0 Å². The molecule has 0 aliphatic heterocycles. The van der Waals surface area contributed by atoms with Crippen LogP contribution in [0.2, 0.25) is 0 Å². The highest BCUT2D eigenvalue weighted by Gasteiger charge is 2.28. The van der Waals surface area contributed by atoms with Crippen molar-refractivity contribution in [2.75, 3.05) is 19.6 Å². The molecule has 2 aromatic heterocycles. The zero-order valence-corrected chi connectivity index (χ0v) is 12.4. The van der Waals surface area contributed by atoms with E-state index in [1.165, 1.54) is 0 Å². The molecule has 112 valence electrons. The molecule has 0 spiro atoms. The Hall–Kier alpha value is -1.95. The van der Waals surface area contributed by atoms with Gasteiger partial charge in [0.15, 0.2) is 0 Å². The number of likely N-dealkylation sites (N-methyl/N-ethyl adjacent to an activating group) is 1. The van der Waals surface area contributed by atoms with Gasteiger partial charge in [0.25, 0.3) is 11.6 Å². The summed E-state index contributed by atoms with van der Waals surface area (Å²) < 4.78 is 5.25. The lowest BCUT2D eigenvalue weighted by Crippen LogP contribution is -2.32. The lowest BCUT2D eigenvalue weighted by atomic mass is 10.1. The van der Waals surface area contributed by atoms with Crippen LogP contribution in [0, 0.1) is 6.92 Å². The zero-order chi connectivity index (χ0) is 14.8. The minimum atomic E-state index is -0.0893. The Balaban J connectivity index is 1.88. The Labute approximate surface area is 123 Å².